The van der Waals surface area contributed by atoms with Gasteiger partial charge in [0.05, 0.1) is 5.69 Å². The van der Waals surface area contributed by atoms with Crippen molar-refractivity contribution >= 4 is 29.0 Å². The molecule has 0 saturated carbocycles. The van der Waals surface area contributed by atoms with E-state index in [1.54, 1.807) is 6.08 Å². The summed E-state index contributed by atoms with van der Waals surface area (Å²) >= 11 is 1.49. The molecule has 1 heterocycles. The van der Waals surface area contributed by atoms with Crippen LogP contribution in [0.15, 0.2) is 60.7 Å². The van der Waals surface area contributed by atoms with Gasteiger partial charge >= 0.3 is 0 Å². The van der Waals surface area contributed by atoms with Crippen molar-refractivity contribution in [1.29, 1.82) is 0 Å². The minimum Gasteiger partial charge on any atom is -0.320 e. The minimum atomic E-state index is -1.62. The highest BCUT2D eigenvalue weighted by Gasteiger charge is 2.14. The average Bonchev–Trinajstić information content (AvgIpc) is 3.10. The molecule has 0 aliphatic rings. The molecule has 1 N–H and O–H groups in total. The van der Waals surface area contributed by atoms with Crippen molar-refractivity contribution < 1.29 is 18.0 Å². The highest BCUT2D eigenvalue weighted by molar-refractivity contribution is 7.16. The number of nitrogens with one attached hydrogen (secondary N) is 1. The standard InChI is InChI=1S/C19H12F3NOS/c20-14-8-9-15(19(22)18(14)21)23-17(24)11-7-13-6-10-16(25-13)12-4-2-1-3-5-12/h1-11H,(H,23,24)/b11-7+. The highest BCUT2D eigenvalue weighted by atomic mass is 32.1. The second kappa shape index (κ2) is 7.36. The third-order valence-corrected chi connectivity index (χ3v) is 4.48. The van der Waals surface area contributed by atoms with Crippen molar-refractivity contribution in [3.63, 3.8) is 0 Å². The Labute approximate surface area is 146 Å². The van der Waals surface area contributed by atoms with Crippen LogP contribution in [0.25, 0.3) is 16.5 Å². The Hall–Kier alpha value is -2.86. The van der Waals surface area contributed by atoms with Gasteiger partial charge in [-0.2, -0.15) is 0 Å². The fourth-order valence-corrected chi connectivity index (χ4v) is 3.07. The second-order valence-corrected chi connectivity index (χ2v) is 6.23. The fraction of sp³-hybridized carbons (Fsp3) is 0. The van der Waals surface area contributed by atoms with E-state index in [0.717, 1.165) is 27.5 Å². The number of benzene rings is 2. The molecular formula is C19H12F3NOS. The molecule has 0 saturated heterocycles. The first kappa shape index (κ1) is 17.0. The molecule has 0 spiro atoms. The summed E-state index contributed by atoms with van der Waals surface area (Å²) in [6.45, 7) is 0. The van der Waals surface area contributed by atoms with E-state index in [4.69, 9.17) is 0 Å². The third-order valence-electron chi connectivity index (χ3n) is 3.38. The summed E-state index contributed by atoms with van der Waals surface area (Å²) in [6.07, 6.45) is 2.78. The average molecular weight is 359 g/mol. The number of amides is 1. The van der Waals surface area contributed by atoms with Crippen molar-refractivity contribution in [2.45, 2.75) is 0 Å². The van der Waals surface area contributed by atoms with E-state index in [-0.39, 0.29) is 0 Å². The molecule has 25 heavy (non-hydrogen) atoms. The number of anilines is 1. The van der Waals surface area contributed by atoms with E-state index in [1.165, 1.54) is 17.4 Å². The van der Waals surface area contributed by atoms with Gasteiger partial charge in [0.2, 0.25) is 5.91 Å². The van der Waals surface area contributed by atoms with Crippen LogP contribution in [0.3, 0.4) is 0 Å². The molecule has 0 atom stereocenters. The lowest BCUT2D eigenvalue weighted by Gasteiger charge is -2.04. The maximum Gasteiger partial charge on any atom is 0.248 e. The lowest BCUT2D eigenvalue weighted by molar-refractivity contribution is -0.111. The van der Waals surface area contributed by atoms with Crippen LogP contribution in [0.1, 0.15) is 4.88 Å². The number of carbonyl (C=O) groups excluding carboxylic acids is 1. The van der Waals surface area contributed by atoms with Crippen molar-refractivity contribution in [3.8, 4) is 10.4 Å². The maximum absolute atomic E-state index is 13.5. The number of halogens is 3. The Morgan fingerprint density at radius 3 is 2.44 bits per heavy atom. The van der Waals surface area contributed by atoms with Gasteiger partial charge in [0.25, 0.3) is 0 Å². The lowest BCUT2D eigenvalue weighted by atomic mass is 10.2. The van der Waals surface area contributed by atoms with E-state index < -0.39 is 29.0 Å². The molecular weight excluding hydrogens is 347 g/mol. The molecule has 126 valence electrons. The lowest BCUT2D eigenvalue weighted by Crippen LogP contribution is -2.10. The number of rotatable bonds is 4. The van der Waals surface area contributed by atoms with Crippen molar-refractivity contribution in [1.82, 2.24) is 0 Å². The van der Waals surface area contributed by atoms with E-state index in [9.17, 15) is 18.0 Å². The van der Waals surface area contributed by atoms with Gasteiger partial charge < -0.3 is 5.32 Å². The summed E-state index contributed by atoms with van der Waals surface area (Å²) in [5, 5.41) is 2.18. The molecule has 0 radical (unpaired) electrons. The summed E-state index contributed by atoms with van der Waals surface area (Å²) in [6, 6.07) is 15.3. The van der Waals surface area contributed by atoms with Crippen LogP contribution in [0.2, 0.25) is 0 Å². The predicted octanol–water partition coefficient (Wildman–Crippen LogP) is 5.48. The Kier molecular flexibility index (Phi) is 5.00. The van der Waals surface area contributed by atoms with E-state index in [0.29, 0.717) is 0 Å². The Bertz CT molecular complexity index is 935. The maximum atomic E-state index is 13.5. The number of hydrogen-bond donors (Lipinski definition) is 1. The normalized spacial score (nSPS) is 11.0. The molecule has 3 rings (SSSR count). The predicted molar refractivity (Wildman–Crippen MR) is 93.7 cm³/mol. The van der Waals surface area contributed by atoms with Crippen LogP contribution in [0.4, 0.5) is 18.9 Å². The Morgan fingerprint density at radius 1 is 0.920 bits per heavy atom. The Morgan fingerprint density at radius 2 is 1.68 bits per heavy atom. The zero-order valence-electron chi connectivity index (χ0n) is 12.8. The van der Waals surface area contributed by atoms with Crippen LogP contribution >= 0.6 is 11.3 Å². The molecule has 1 amide bonds. The SMILES string of the molecule is O=C(/C=C/c1ccc(-c2ccccc2)s1)Nc1ccc(F)c(F)c1F. The molecule has 1 aromatic heterocycles. The van der Waals surface area contributed by atoms with Crippen LogP contribution in [-0.4, -0.2) is 5.91 Å². The molecule has 0 unspecified atom stereocenters. The molecule has 0 aliphatic carbocycles. The summed E-state index contributed by atoms with van der Waals surface area (Å²) < 4.78 is 39.5. The number of thiophene rings is 1. The van der Waals surface area contributed by atoms with Crippen LogP contribution in [0.5, 0.6) is 0 Å². The van der Waals surface area contributed by atoms with Gasteiger partial charge in [0, 0.05) is 15.8 Å². The van der Waals surface area contributed by atoms with Gasteiger partial charge in [-0.1, -0.05) is 30.3 Å². The van der Waals surface area contributed by atoms with E-state index >= 15 is 0 Å². The second-order valence-electron chi connectivity index (χ2n) is 5.11. The van der Waals surface area contributed by atoms with Crippen molar-refractivity contribution in [2.24, 2.45) is 0 Å². The van der Waals surface area contributed by atoms with Crippen LogP contribution in [0, 0.1) is 17.5 Å². The van der Waals surface area contributed by atoms with Gasteiger partial charge in [0.15, 0.2) is 17.5 Å². The van der Waals surface area contributed by atoms with Gasteiger partial charge in [-0.05, 0) is 35.9 Å². The quantitative estimate of drug-likeness (QED) is 0.485. The van der Waals surface area contributed by atoms with Gasteiger partial charge in [-0.15, -0.1) is 11.3 Å². The molecule has 0 aliphatic heterocycles. The molecule has 0 fully saturated rings. The molecule has 2 aromatic carbocycles. The molecule has 6 heteroatoms. The zero-order chi connectivity index (χ0) is 17.8. The number of hydrogen-bond acceptors (Lipinski definition) is 2. The third kappa shape index (κ3) is 3.97. The minimum absolute atomic E-state index is 0.412. The van der Waals surface area contributed by atoms with Crippen molar-refractivity contribution in [2.75, 3.05) is 5.32 Å². The van der Waals surface area contributed by atoms with E-state index in [2.05, 4.69) is 5.32 Å². The molecule has 3 aromatic rings. The van der Waals surface area contributed by atoms with Gasteiger partial charge in [-0.3, -0.25) is 4.79 Å². The highest BCUT2D eigenvalue weighted by Crippen LogP contribution is 2.28. The van der Waals surface area contributed by atoms with Crippen LogP contribution in [-0.2, 0) is 4.79 Å². The summed E-state index contributed by atoms with van der Waals surface area (Å²) in [5.41, 5.74) is 0.658. The fourth-order valence-electron chi connectivity index (χ4n) is 2.15. The van der Waals surface area contributed by atoms with E-state index in [1.807, 2.05) is 42.5 Å². The molecule has 0 bridgehead atoms. The number of carbonyl (C=O) groups is 1. The summed E-state index contributed by atoms with van der Waals surface area (Å²) in [7, 11) is 0. The Balaban J connectivity index is 1.69. The first-order chi connectivity index (χ1) is 12.0. The summed E-state index contributed by atoms with van der Waals surface area (Å²) in [4.78, 5) is 13.7. The largest absolute Gasteiger partial charge is 0.320 e. The molecule has 2 nitrogen and oxygen atoms in total. The first-order valence-electron chi connectivity index (χ1n) is 7.32. The topological polar surface area (TPSA) is 29.1 Å². The first-order valence-corrected chi connectivity index (χ1v) is 8.14. The summed E-state index contributed by atoms with van der Waals surface area (Å²) in [5.74, 6) is -4.99. The van der Waals surface area contributed by atoms with Crippen molar-refractivity contribution in [3.05, 3.63) is 83.0 Å². The van der Waals surface area contributed by atoms with Gasteiger partial charge in [0.1, 0.15) is 0 Å². The monoisotopic (exact) mass is 359 g/mol. The smallest absolute Gasteiger partial charge is 0.248 e. The van der Waals surface area contributed by atoms with Crippen LogP contribution < -0.4 is 5.32 Å². The zero-order valence-corrected chi connectivity index (χ0v) is 13.6. The van der Waals surface area contributed by atoms with Gasteiger partial charge in [-0.25, -0.2) is 13.2 Å².